The van der Waals surface area contributed by atoms with E-state index in [9.17, 15) is 13.2 Å². The quantitative estimate of drug-likeness (QED) is 0.462. The van der Waals surface area contributed by atoms with Crippen LogP contribution in [0.5, 0.6) is 0 Å². The van der Waals surface area contributed by atoms with Crippen LogP contribution in [0.1, 0.15) is 49.5 Å². The summed E-state index contributed by atoms with van der Waals surface area (Å²) in [5, 5.41) is 12.0. The van der Waals surface area contributed by atoms with Crippen LogP contribution in [-0.2, 0) is 10.0 Å². The van der Waals surface area contributed by atoms with Crippen molar-refractivity contribution in [2.24, 2.45) is 0 Å². The van der Waals surface area contributed by atoms with Gasteiger partial charge < -0.3 is 0 Å². The molecule has 0 aliphatic carbocycles. The van der Waals surface area contributed by atoms with Crippen LogP contribution in [0.3, 0.4) is 0 Å². The molecule has 1 amide bonds. The lowest BCUT2D eigenvalue weighted by Gasteiger charge is -2.19. The van der Waals surface area contributed by atoms with E-state index in [1.165, 1.54) is 39.4 Å². The second-order valence-corrected chi connectivity index (χ2v) is 10.7. The number of rotatable bonds is 8. The Labute approximate surface area is 197 Å². The number of hydrogen-bond acceptors (Lipinski definition) is 6. The Hall–Kier alpha value is -2.33. The monoisotopic (exact) mass is 492 g/mol. The molecule has 1 aromatic heterocycles. The number of nitrogens with one attached hydrogen (secondary N) is 1. The average Bonchev–Trinajstić information content (AvgIpc) is 3.23. The van der Waals surface area contributed by atoms with E-state index in [0.717, 1.165) is 5.56 Å². The number of sulfonamides is 1. The van der Waals surface area contributed by atoms with E-state index in [1.54, 1.807) is 13.8 Å². The van der Waals surface area contributed by atoms with E-state index in [4.69, 9.17) is 11.6 Å². The predicted octanol–water partition coefficient (Wildman–Crippen LogP) is 5.26. The molecule has 1 N–H and O–H groups in total. The van der Waals surface area contributed by atoms with Gasteiger partial charge in [0.25, 0.3) is 5.91 Å². The molecule has 10 heteroatoms. The highest BCUT2D eigenvalue weighted by Crippen LogP contribution is 2.29. The van der Waals surface area contributed by atoms with E-state index >= 15 is 0 Å². The molecule has 7 nitrogen and oxygen atoms in total. The van der Waals surface area contributed by atoms with Gasteiger partial charge in [0.15, 0.2) is 0 Å². The van der Waals surface area contributed by atoms with Crippen LogP contribution < -0.4 is 5.32 Å². The third-order valence-electron chi connectivity index (χ3n) is 5.00. The number of halogens is 1. The van der Waals surface area contributed by atoms with Crippen molar-refractivity contribution in [1.29, 1.82) is 0 Å². The van der Waals surface area contributed by atoms with Gasteiger partial charge in [-0.05, 0) is 29.7 Å². The van der Waals surface area contributed by atoms with Crippen LogP contribution in [-0.4, -0.2) is 41.9 Å². The Morgan fingerprint density at radius 1 is 1.09 bits per heavy atom. The number of hydrogen-bond donors (Lipinski definition) is 1. The summed E-state index contributed by atoms with van der Waals surface area (Å²) in [5.41, 5.74) is 2.18. The van der Waals surface area contributed by atoms with Crippen molar-refractivity contribution in [3.63, 3.8) is 0 Å². The molecule has 1 heterocycles. The fraction of sp³-hybridized carbons (Fsp3) is 0.318. The van der Waals surface area contributed by atoms with Crippen molar-refractivity contribution in [2.75, 3.05) is 18.4 Å². The Kier molecular flexibility index (Phi) is 7.66. The molecule has 0 atom stereocenters. The van der Waals surface area contributed by atoms with E-state index in [2.05, 4.69) is 29.4 Å². The molecule has 0 spiro atoms. The summed E-state index contributed by atoms with van der Waals surface area (Å²) in [6.45, 7) is 8.42. The molecule has 3 aromatic rings. The number of amides is 1. The second-order valence-electron chi connectivity index (χ2n) is 7.37. The van der Waals surface area contributed by atoms with Crippen molar-refractivity contribution < 1.29 is 13.2 Å². The van der Waals surface area contributed by atoms with E-state index in [-0.39, 0.29) is 15.5 Å². The van der Waals surface area contributed by atoms with Gasteiger partial charge in [-0.1, -0.05) is 74.9 Å². The Bertz CT molecular complexity index is 1200. The summed E-state index contributed by atoms with van der Waals surface area (Å²) in [7, 11) is -3.72. The van der Waals surface area contributed by atoms with Crippen molar-refractivity contribution in [1.82, 2.24) is 14.5 Å². The molecule has 2 aromatic carbocycles. The minimum atomic E-state index is -3.72. The normalized spacial score (nSPS) is 11.8. The number of anilines is 1. The highest BCUT2D eigenvalue weighted by atomic mass is 35.5. The summed E-state index contributed by atoms with van der Waals surface area (Å²) in [6, 6.07) is 12.1. The molecule has 0 aliphatic rings. The molecule has 170 valence electrons. The van der Waals surface area contributed by atoms with Gasteiger partial charge in [-0.25, -0.2) is 8.42 Å². The molecule has 0 saturated heterocycles. The molecule has 32 heavy (non-hydrogen) atoms. The molecular weight excluding hydrogens is 468 g/mol. The predicted molar refractivity (Wildman–Crippen MR) is 129 cm³/mol. The Morgan fingerprint density at radius 2 is 1.75 bits per heavy atom. The molecule has 0 radical (unpaired) electrons. The van der Waals surface area contributed by atoms with Gasteiger partial charge >= 0.3 is 0 Å². The summed E-state index contributed by atoms with van der Waals surface area (Å²) in [6.07, 6.45) is 0. The molecule has 3 rings (SSSR count). The van der Waals surface area contributed by atoms with Gasteiger partial charge in [0.05, 0.1) is 15.5 Å². The maximum Gasteiger partial charge on any atom is 0.259 e. The van der Waals surface area contributed by atoms with Crippen LogP contribution in [0.4, 0.5) is 5.13 Å². The lowest BCUT2D eigenvalue weighted by atomic mass is 10.0. The number of benzene rings is 2. The summed E-state index contributed by atoms with van der Waals surface area (Å²) in [4.78, 5) is 12.8. The molecule has 0 bridgehead atoms. The van der Waals surface area contributed by atoms with E-state index in [1.807, 2.05) is 24.3 Å². The molecule has 0 unspecified atom stereocenters. The van der Waals surface area contributed by atoms with E-state index in [0.29, 0.717) is 29.1 Å². The van der Waals surface area contributed by atoms with Gasteiger partial charge in [-0.15, -0.1) is 10.2 Å². The fourth-order valence-electron chi connectivity index (χ4n) is 3.12. The topological polar surface area (TPSA) is 92.3 Å². The first-order chi connectivity index (χ1) is 15.2. The molecule has 0 aliphatic heterocycles. The largest absolute Gasteiger partial charge is 0.296 e. The van der Waals surface area contributed by atoms with Crippen molar-refractivity contribution in [3.8, 4) is 10.6 Å². The van der Waals surface area contributed by atoms with Gasteiger partial charge in [-0.2, -0.15) is 4.31 Å². The third kappa shape index (κ3) is 5.17. The lowest BCUT2D eigenvalue weighted by molar-refractivity contribution is 0.102. The highest BCUT2D eigenvalue weighted by molar-refractivity contribution is 7.89. The molecule has 0 fully saturated rings. The standard InChI is InChI=1S/C22H25ClN4O3S2/c1-5-27(6-2)32(29,30)17-11-12-19(23)18(13-17)20(28)24-22-26-25-21(31-22)16-9-7-15(8-10-16)14(3)4/h7-14H,5-6H2,1-4H3,(H,24,26,28). The summed E-state index contributed by atoms with van der Waals surface area (Å²) in [5.74, 6) is -0.121. The van der Waals surface area contributed by atoms with Crippen LogP contribution >= 0.6 is 22.9 Å². The molecular formula is C22H25ClN4O3S2. The van der Waals surface area contributed by atoms with Gasteiger partial charge in [0.2, 0.25) is 15.2 Å². The first kappa shape index (κ1) is 24.3. The minimum absolute atomic E-state index is 0.0129. The molecule has 0 saturated carbocycles. The third-order valence-corrected chi connectivity index (χ3v) is 8.26. The highest BCUT2D eigenvalue weighted by Gasteiger charge is 2.24. The Morgan fingerprint density at radius 3 is 2.34 bits per heavy atom. The summed E-state index contributed by atoms with van der Waals surface area (Å²) >= 11 is 7.42. The SMILES string of the molecule is CCN(CC)S(=O)(=O)c1ccc(Cl)c(C(=O)Nc2nnc(-c3ccc(C(C)C)cc3)s2)c1. The minimum Gasteiger partial charge on any atom is -0.296 e. The van der Waals surface area contributed by atoms with Crippen LogP contribution in [0.25, 0.3) is 10.6 Å². The van der Waals surface area contributed by atoms with Gasteiger partial charge in [0.1, 0.15) is 5.01 Å². The second kappa shape index (κ2) is 10.1. The number of nitrogens with zero attached hydrogens (tertiary/aromatic N) is 3. The van der Waals surface area contributed by atoms with E-state index < -0.39 is 15.9 Å². The summed E-state index contributed by atoms with van der Waals surface area (Å²) < 4.78 is 26.9. The van der Waals surface area contributed by atoms with Crippen molar-refractivity contribution in [2.45, 2.75) is 38.5 Å². The van der Waals surface area contributed by atoms with Crippen LogP contribution in [0.15, 0.2) is 47.4 Å². The first-order valence-corrected chi connectivity index (χ1v) is 12.9. The zero-order chi connectivity index (χ0) is 23.5. The zero-order valence-electron chi connectivity index (χ0n) is 18.3. The maximum absolute atomic E-state index is 12.8. The van der Waals surface area contributed by atoms with Crippen molar-refractivity contribution in [3.05, 3.63) is 58.6 Å². The number of carbonyl (C=O) groups excluding carboxylic acids is 1. The zero-order valence-corrected chi connectivity index (χ0v) is 20.7. The van der Waals surface area contributed by atoms with Gasteiger partial charge in [-0.3, -0.25) is 10.1 Å². The number of carbonyl (C=O) groups is 1. The van der Waals surface area contributed by atoms with Crippen molar-refractivity contribution >= 4 is 44.0 Å². The Balaban J connectivity index is 1.82. The lowest BCUT2D eigenvalue weighted by Crippen LogP contribution is -2.30. The number of aromatic nitrogens is 2. The van der Waals surface area contributed by atoms with Crippen LogP contribution in [0, 0.1) is 0 Å². The fourth-order valence-corrected chi connectivity index (χ4v) is 5.55. The van der Waals surface area contributed by atoms with Gasteiger partial charge in [0, 0.05) is 18.7 Å². The maximum atomic E-state index is 12.8. The average molecular weight is 493 g/mol. The first-order valence-electron chi connectivity index (χ1n) is 10.2. The van der Waals surface area contributed by atoms with Crippen LogP contribution in [0.2, 0.25) is 5.02 Å². The smallest absolute Gasteiger partial charge is 0.259 e.